The Hall–Kier alpha value is -1.94. The Morgan fingerprint density at radius 3 is 2.03 bits per heavy atom. The van der Waals surface area contributed by atoms with Crippen molar-refractivity contribution < 1.29 is 28.2 Å². The van der Waals surface area contributed by atoms with Crippen LogP contribution in [0.2, 0.25) is 5.04 Å². The molecule has 0 saturated carbocycles. The number of ether oxygens (including phenoxy) is 4. The fraction of sp³-hybridized carbons (Fsp3) is 0.483. The molecule has 8 heteroatoms. The van der Waals surface area contributed by atoms with Gasteiger partial charge in [0.05, 0.1) is 13.2 Å². The molecule has 2 aromatic rings. The Balaban J connectivity index is 2.02. The Morgan fingerprint density at radius 1 is 1.00 bits per heavy atom. The molecule has 37 heavy (non-hydrogen) atoms. The van der Waals surface area contributed by atoms with Gasteiger partial charge in [-0.15, -0.1) is 19.2 Å². The standard InChI is InChI=1S/C29H40O6SSi/c1-7-19-32-26-25(31-8-2)24(35-28(36)27(26)34-21(3)30)20-33-37(29(4,5)6,22-15-11-9-12-16-22)23-17-13-10-14-18-23/h7,9-18,24-28,36H,1,8,19-20H2,2-6H3/t24-,25+,26+,27-,28+/m1/s1. The summed E-state index contributed by atoms with van der Waals surface area (Å²) < 4.78 is 31.2. The van der Waals surface area contributed by atoms with E-state index in [2.05, 4.69) is 88.5 Å². The molecule has 202 valence electrons. The molecule has 0 bridgehead atoms. The Labute approximate surface area is 227 Å². The minimum Gasteiger partial charge on any atom is -0.456 e. The van der Waals surface area contributed by atoms with Crippen LogP contribution in [-0.4, -0.2) is 64.0 Å². The van der Waals surface area contributed by atoms with E-state index in [-0.39, 0.29) is 18.3 Å². The highest BCUT2D eigenvalue weighted by molar-refractivity contribution is 7.80. The topological polar surface area (TPSA) is 63.2 Å². The van der Waals surface area contributed by atoms with Crippen LogP contribution in [0.4, 0.5) is 0 Å². The van der Waals surface area contributed by atoms with Gasteiger partial charge in [0.2, 0.25) is 0 Å². The monoisotopic (exact) mass is 544 g/mol. The van der Waals surface area contributed by atoms with Crippen molar-refractivity contribution in [2.24, 2.45) is 0 Å². The van der Waals surface area contributed by atoms with Crippen molar-refractivity contribution in [3.63, 3.8) is 0 Å². The van der Waals surface area contributed by atoms with Crippen molar-refractivity contribution in [3.8, 4) is 0 Å². The summed E-state index contributed by atoms with van der Waals surface area (Å²) in [7, 11) is -2.80. The molecular formula is C29H40O6SSi. The zero-order chi connectivity index (χ0) is 27.1. The molecule has 1 fully saturated rings. The number of esters is 1. The van der Waals surface area contributed by atoms with Gasteiger partial charge < -0.3 is 23.4 Å². The van der Waals surface area contributed by atoms with E-state index >= 15 is 0 Å². The minimum atomic E-state index is -2.80. The Morgan fingerprint density at radius 2 is 1.57 bits per heavy atom. The Bertz CT molecular complexity index is 957. The number of rotatable bonds is 11. The fourth-order valence-corrected chi connectivity index (χ4v) is 10.0. The third kappa shape index (κ3) is 6.74. The summed E-state index contributed by atoms with van der Waals surface area (Å²) >= 11 is 4.64. The van der Waals surface area contributed by atoms with E-state index in [0.717, 1.165) is 0 Å². The summed E-state index contributed by atoms with van der Waals surface area (Å²) in [5, 5.41) is 2.17. The van der Waals surface area contributed by atoms with Crippen molar-refractivity contribution in [1.29, 1.82) is 0 Å². The first kappa shape index (κ1) is 29.6. The highest BCUT2D eigenvalue weighted by atomic mass is 32.1. The van der Waals surface area contributed by atoms with Crippen LogP contribution >= 0.6 is 12.6 Å². The lowest BCUT2D eigenvalue weighted by atomic mass is 9.99. The number of thiol groups is 1. The average Bonchev–Trinajstić information content (AvgIpc) is 2.86. The smallest absolute Gasteiger partial charge is 0.303 e. The van der Waals surface area contributed by atoms with Gasteiger partial charge in [0.15, 0.2) is 6.10 Å². The van der Waals surface area contributed by atoms with Crippen LogP contribution in [0.1, 0.15) is 34.6 Å². The van der Waals surface area contributed by atoms with Gasteiger partial charge in [-0.1, -0.05) is 87.5 Å². The molecule has 0 aromatic heterocycles. The summed E-state index contributed by atoms with van der Waals surface area (Å²) in [5.41, 5.74) is -0.705. The summed E-state index contributed by atoms with van der Waals surface area (Å²) in [5.74, 6) is -0.433. The number of benzene rings is 2. The molecule has 0 radical (unpaired) electrons. The number of carbonyl (C=O) groups excluding carboxylic acids is 1. The highest BCUT2D eigenvalue weighted by Gasteiger charge is 2.53. The molecule has 2 aromatic carbocycles. The van der Waals surface area contributed by atoms with E-state index in [1.54, 1.807) is 6.08 Å². The fourth-order valence-electron chi connectivity index (χ4n) is 5.08. The van der Waals surface area contributed by atoms with Crippen molar-refractivity contribution in [1.82, 2.24) is 0 Å². The predicted molar refractivity (Wildman–Crippen MR) is 152 cm³/mol. The maximum Gasteiger partial charge on any atom is 0.303 e. The van der Waals surface area contributed by atoms with E-state index in [1.807, 2.05) is 19.1 Å². The molecule has 1 aliphatic heterocycles. The lowest BCUT2D eigenvalue weighted by molar-refractivity contribution is -0.237. The van der Waals surface area contributed by atoms with Crippen LogP contribution in [0.25, 0.3) is 0 Å². The highest BCUT2D eigenvalue weighted by Crippen LogP contribution is 2.38. The van der Waals surface area contributed by atoms with Crippen molar-refractivity contribution >= 4 is 37.3 Å². The van der Waals surface area contributed by atoms with Crippen LogP contribution in [0, 0.1) is 0 Å². The van der Waals surface area contributed by atoms with E-state index in [4.69, 9.17) is 23.4 Å². The van der Waals surface area contributed by atoms with Crippen LogP contribution in [0.5, 0.6) is 0 Å². The summed E-state index contributed by atoms with van der Waals surface area (Å²) in [6.45, 7) is 14.7. The van der Waals surface area contributed by atoms with Gasteiger partial charge >= 0.3 is 5.97 Å². The third-order valence-corrected chi connectivity index (χ3v) is 12.0. The number of carbonyl (C=O) groups is 1. The molecule has 5 atom stereocenters. The summed E-state index contributed by atoms with van der Waals surface area (Å²) in [6.07, 6.45) is -0.695. The first-order chi connectivity index (χ1) is 17.7. The average molecular weight is 545 g/mol. The van der Waals surface area contributed by atoms with Crippen LogP contribution in [-0.2, 0) is 28.2 Å². The van der Waals surface area contributed by atoms with Gasteiger partial charge in [0.25, 0.3) is 8.32 Å². The molecule has 3 rings (SSSR count). The zero-order valence-electron chi connectivity index (χ0n) is 22.5. The molecular weight excluding hydrogens is 504 g/mol. The van der Waals surface area contributed by atoms with Gasteiger partial charge in [-0.25, -0.2) is 0 Å². The molecule has 0 aliphatic carbocycles. The van der Waals surface area contributed by atoms with Gasteiger partial charge in [0.1, 0.15) is 23.7 Å². The van der Waals surface area contributed by atoms with Crippen molar-refractivity contribution in [2.45, 2.75) is 69.5 Å². The zero-order valence-corrected chi connectivity index (χ0v) is 24.4. The van der Waals surface area contributed by atoms with Crippen LogP contribution < -0.4 is 10.4 Å². The molecule has 0 N–H and O–H groups in total. The second kappa shape index (κ2) is 13.2. The minimum absolute atomic E-state index is 0.190. The second-order valence-corrected chi connectivity index (χ2v) is 14.9. The van der Waals surface area contributed by atoms with E-state index in [0.29, 0.717) is 6.61 Å². The quantitative estimate of drug-likeness (QED) is 0.199. The first-order valence-corrected chi connectivity index (χ1v) is 15.2. The van der Waals surface area contributed by atoms with Crippen molar-refractivity contribution in [2.75, 3.05) is 19.8 Å². The van der Waals surface area contributed by atoms with E-state index < -0.39 is 44.1 Å². The summed E-state index contributed by atoms with van der Waals surface area (Å²) in [6, 6.07) is 20.9. The molecule has 6 nitrogen and oxygen atoms in total. The molecule has 0 amide bonds. The lowest BCUT2D eigenvalue weighted by Gasteiger charge is -2.47. The SMILES string of the molecule is C=CCO[C@@H]1[C@@H](OC(C)=O)[C@H](S)O[C@H](CO[Si](c2ccccc2)(c2ccccc2)C(C)(C)C)[C@@H]1OCC. The van der Waals surface area contributed by atoms with Gasteiger partial charge in [-0.2, -0.15) is 0 Å². The molecule has 0 spiro atoms. The molecule has 1 saturated heterocycles. The van der Waals surface area contributed by atoms with Crippen LogP contribution in [0.3, 0.4) is 0 Å². The molecule has 1 heterocycles. The van der Waals surface area contributed by atoms with Crippen molar-refractivity contribution in [3.05, 3.63) is 73.3 Å². The second-order valence-electron chi connectivity index (χ2n) is 10.1. The van der Waals surface area contributed by atoms with Gasteiger partial charge in [-0.05, 0) is 22.3 Å². The molecule has 1 aliphatic rings. The maximum atomic E-state index is 11.9. The number of hydrogen-bond donors (Lipinski definition) is 1. The molecule has 0 unspecified atom stereocenters. The van der Waals surface area contributed by atoms with Gasteiger partial charge in [0, 0.05) is 13.5 Å². The maximum absolute atomic E-state index is 11.9. The van der Waals surface area contributed by atoms with Gasteiger partial charge in [-0.3, -0.25) is 4.79 Å². The third-order valence-electron chi connectivity index (χ3n) is 6.56. The Kier molecular flexibility index (Phi) is 10.6. The normalized spacial score (nSPS) is 24.4. The summed E-state index contributed by atoms with van der Waals surface area (Å²) in [4.78, 5) is 11.9. The van der Waals surface area contributed by atoms with E-state index in [1.165, 1.54) is 17.3 Å². The number of hydrogen-bond acceptors (Lipinski definition) is 7. The predicted octanol–water partition coefficient (Wildman–Crippen LogP) is 4.13. The first-order valence-electron chi connectivity index (χ1n) is 12.8. The van der Waals surface area contributed by atoms with Crippen LogP contribution in [0.15, 0.2) is 73.3 Å². The lowest BCUT2D eigenvalue weighted by Crippen LogP contribution is -2.68. The van der Waals surface area contributed by atoms with E-state index in [9.17, 15) is 4.79 Å². The largest absolute Gasteiger partial charge is 0.456 e.